The molecule has 0 amide bonds. The molecule has 0 bridgehead atoms. The van der Waals surface area contributed by atoms with E-state index in [2.05, 4.69) is 59.3 Å². The molecule has 1 aromatic rings. The second-order valence-corrected chi connectivity index (χ2v) is 5.48. The fraction of sp³-hybridized carbons (Fsp3) is 0.625. The van der Waals surface area contributed by atoms with Gasteiger partial charge in [-0.2, -0.15) is 0 Å². The molecule has 1 N–H and O–H groups in total. The molecule has 2 rings (SSSR count). The van der Waals surface area contributed by atoms with Crippen LogP contribution in [0.1, 0.15) is 20.3 Å². The largest absolute Gasteiger partial charge is 0.369 e. The van der Waals surface area contributed by atoms with Crippen molar-refractivity contribution in [3.05, 3.63) is 30.3 Å². The molecule has 1 fully saturated rings. The minimum absolute atomic E-state index is 0.600. The van der Waals surface area contributed by atoms with Crippen LogP contribution in [0.25, 0.3) is 0 Å². The van der Waals surface area contributed by atoms with Crippen LogP contribution in [-0.2, 0) is 0 Å². The predicted octanol–water partition coefficient (Wildman–Crippen LogP) is 2.20. The van der Waals surface area contributed by atoms with Crippen LogP contribution in [-0.4, -0.2) is 50.2 Å². The van der Waals surface area contributed by atoms with Crippen LogP contribution in [0.3, 0.4) is 0 Å². The quantitative estimate of drug-likeness (QED) is 0.847. The molecule has 1 atom stereocenters. The Hall–Kier alpha value is -1.06. The normalized spacial score (nSPS) is 18.5. The highest BCUT2D eigenvalue weighted by atomic mass is 15.3. The van der Waals surface area contributed by atoms with Gasteiger partial charge in [0.05, 0.1) is 0 Å². The maximum absolute atomic E-state index is 3.57. The summed E-state index contributed by atoms with van der Waals surface area (Å²) in [7, 11) is 0. The number of hydrogen-bond acceptors (Lipinski definition) is 3. The minimum Gasteiger partial charge on any atom is -0.369 e. The zero-order chi connectivity index (χ0) is 13.5. The van der Waals surface area contributed by atoms with Crippen LogP contribution in [0.4, 0.5) is 5.69 Å². The van der Waals surface area contributed by atoms with Crippen molar-refractivity contribution in [2.75, 3.05) is 44.2 Å². The highest BCUT2D eigenvalue weighted by Gasteiger charge is 2.18. The fourth-order valence-electron chi connectivity index (χ4n) is 2.67. The zero-order valence-corrected chi connectivity index (χ0v) is 12.3. The van der Waals surface area contributed by atoms with Gasteiger partial charge in [-0.3, -0.25) is 4.90 Å². The highest BCUT2D eigenvalue weighted by molar-refractivity contribution is 5.46. The molecule has 0 saturated carbocycles. The van der Waals surface area contributed by atoms with Crippen LogP contribution in [0.15, 0.2) is 30.3 Å². The first kappa shape index (κ1) is 14.4. The third-order valence-electron chi connectivity index (χ3n) is 3.77. The summed E-state index contributed by atoms with van der Waals surface area (Å²) in [6.07, 6.45) is 1.21. The van der Waals surface area contributed by atoms with E-state index in [0.29, 0.717) is 6.04 Å². The minimum atomic E-state index is 0.600. The maximum Gasteiger partial charge on any atom is 0.0367 e. The molecule has 1 aromatic carbocycles. The number of nitrogens with one attached hydrogen (secondary N) is 1. The summed E-state index contributed by atoms with van der Waals surface area (Å²) in [4.78, 5) is 5.06. The van der Waals surface area contributed by atoms with Gasteiger partial charge in [-0.25, -0.2) is 0 Å². The second-order valence-electron chi connectivity index (χ2n) is 5.48. The summed E-state index contributed by atoms with van der Waals surface area (Å²) in [6.45, 7) is 11.4. The van der Waals surface area contributed by atoms with E-state index in [1.165, 1.54) is 31.7 Å². The number of rotatable bonds is 6. The summed E-state index contributed by atoms with van der Waals surface area (Å²) >= 11 is 0. The molecular formula is C16H27N3. The first-order valence-corrected chi connectivity index (χ1v) is 7.55. The Morgan fingerprint density at radius 3 is 2.42 bits per heavy atom. The average molecular weight is 261 g/mol. The molecule has 1 unspecified atom stereocenters. The molecule has 106 valence electrons. The molecule has 19 heavy (non-hydrogen) atoms. The van der Waals surface area contributed by atoms with Gasteiger partial charge in [-0.1, -0.05) is 25.1 Å². The first-order chi connectivity index (χ1) is 9.29. The molecule has 0 aromatic heterocycles. The zero-order valence-electron chi connectivity index (χ0n) is 12.3. The summed E-state index contributed by atoms with van der Waals surface area (Å²) in [5.41, 5.74) is 1.36. The van der Waals surface area contributed by atoms with E-state index < -0.39 is 0 Å². The van der Waals surface area contributed by atoms with E-state index in [1.54, 1.807) is 0 Å². The van der Waals surface area contributed by atoms with Gasteiger partial charge in [0.15, 0.2) is 0 Å². The van der Waals surface area contributed by atoms with Gasteiger partial charge >= 0.3 is 0 Å². The predicted molar refractivity (Wildman–Crippen MR) is 82.9 cm³/mol. The van der Waals surface area contributed by atoms with Crippen molar-refractivity contribution in [1.29, 1.82) is 0 Å². The molecule has 0 spiro atoms. The van der Waals surface area contributed by atoms with E-state index in [1.807, 2.05) is 0 Å². The second kappa shape index (κ2) is 7.51. The van der Waals surface area contributed by atoms with Crippen molar-refractivity contribution in [1.82, 2.24) is 10.2 Å². The van der Waals surface area contributed by atoms with Crippen molar-refractivity contribution >= 4 is 5.69 Å². The van der Waals surface area contributed by atoms with Gasteiger partial charge in [0.25, 0.3) is 0 Å². The lowest BCUT2D eigenvalue weighted by Crippen LogP contribution is -2.50. The lowest BCUT2D eigenvalue weighted by atomic mass is 10.2. The Balaban J connectivity index is 1.73. The fourth-order valence-corrected chi connectivity index (χ4v) is 2.67. The van der Waals surface area contributed by atoms with Crippen LogP contribution >= 0.6 is 0 Å². The van der Waals surface area contributed by atoms with Crippen molar-refractivity contribution in [2.24, 2.45) is 0 Å². The number of piperazine rings is 1. The van der Waals surface area contributed by atoms with Gasteiger partial charge in [0.1, 0.15) is 0 Å². The van der Waals surface area contributed by atoms with Crippen LogP contribution in [0.5, 0.6) is 0 Å². The van der Waals surface area contributed by atoms with Gasteiger partial charge in [-0.15, -0.1) is 0 Å². The van der Waals surface area contributed by atoms with Crippen molar-refractivity contribution < 1.29 is 0 Å². The first-order valence-electron chi connectivity index (χ1n) is 7.55. The van der Waals surface area contributed by atoms with Crippen LogP contribution < -0.4 is 10.2 Å². The molecular weight excluding hydrogens is 234 g/mol. The number of para-hydroxylation sites is 1. The van der Waals surface area contributed by atoms with E-state index in [0.717, 1.165) is 19.6 Å². The van der Waals surface area contributed by atoms with Crippen molar-refractivity contribution in [2.45, 2.75) is 26.3 Å². The molecule has 0 radical (unpaired) electrons. The van der Waals surface area contributed by atoms with Crippen LogP contribution in [0, 0.1) is 0 Å². The van der Waals surface area contributed by atoms with Gasteiger partial charge in [0, 0.05) is 44.5 Å². The van der Waals surface area contributed by atoms with Gasteiger partial charge in [-0.05, 0) is 32.0 Å². The average Bonchev–Trinajstić information content (AvgIpc) is 2.47. The number of anilines is 1. The summed E-state index contributed by atoms with van der Waals surface area (Å²) < 4.78 is 0. The standard InChI is InChI=1S/C16H27N3/c1-3-9-17-15(2)14-18-10-12-19(13-11-18)16-7-5-4-6-8-16/h4-8,15,17H,3,9-14H2,1-2H3. The maximum atomic E-state index is 3.57. The SMILES string of the molecule is CCCNC(C)CN1CCN(c2ccccc2)CC1. The Bertz CT molecular complexity index is 344. The molecule has 3 nitrogen and oxygen atoms in total. The molecule has 1 saturated heterocycles. The van der Waals surface area contributed by atoms with Gasteiger partial charge < -0.3 is 10.2 Å². The highest BCUT2D eigenvalue weighted by Crippen LogP contribution is 2.15. The topological polar surface area (TPSA) is 18.5 Å². The summed E-state index contributed by atoms with van der Waals surface area (Å²) in [5.74, 6) is 0. The smallest absolute Gasteiger partial charge is 0.0367 e. The molecule has 1 aliphatic rings. The number of nitrogens with zero attached hydrogens (tertiary/aromatic N) is 2. The third kappa shape index (κ3) is 4.51. The monoisotopic (exact) mass is 261 g/mol. The lowest BCUT2D eigenvalue weighted by Gasteiger charge is -2.37. The van der Waals surface area contributed by atoms with E-state index in [-0.39, 0.29) is 0 Å². The van der Waals surface area contributed by atoms with E-state index in [4.69, 9.17) is 0 Å². The molecule has 0 aliphatic carbocycles. The summed E-state index contributed by atoms with van der Waals surface area (Å²) in [5, 5.41) is 3.57. The van der Waals surface area contributed by atoms with Crippen LogP contribution in [0.2, 0.25) is 0 Å². The summed E-state index contributed by atoms with van der Waals surface area (Å²) in [6, 6.07) is 11.4. The molecule has 3 heteroatoms. The van der Waals surface area contributed by atoms with Crippen molar-refractivity contribution in [3.63, 3.8) is 0 Å². The van der Waals surface area contributed by atoms with E-state index in [9.17, 15) is 0 Å². The molecule has 1 aliphatic heterocycles. The lowest BCUT2D eigenvalue weighted by molar-refractivity contribution is 0.234. The number of benzene rings is 1. The Labute approximate surface area is 117 Å². The Morgan fingerprint density at radius 1 is 1.11 bits per heavy atom. The van der Waals surface area contributed by atoms with Crippen molar-refractivity contribution in [3.8, 4) is 0 Å². The Kier molecular flexibility index (Phi) is 5.67. The van der Waals surface area contributed by atoms with Gasteiger partial charge in [0.2, 0.25) is 0 Å². The third-order valence-corrected chi connectivity index (χ3v) is 3.77. The molecule has 1 heterocycles. The Morgan fingerprint density at radius 2 is 1.79 bits per heavy atom. The number of hydrogen-bond donors (Lipinski definition) is 1. The van der Waals surface area contributed by atoms with E-state index >= 15 is 0 Å².